The summed E-state index contributed by atoms with van der Waals surface area (Å²) in [4.78, 5) is 35.7. The molecule has 0 fully saturated rings. The molecule has 2 rings (SSSR count). The van der Waals surface area contributed by atoms with E-state index in [0.29, 0.717) is 0 Å². The van der Waals surface area contributed by atoms with Gasteiger partial charge in [-0.25, -0.2) is 4.39 Å². The van der Waals surface area contributed by atoms with Crippen LogP contribution in [0.2, 0.25) is 0 Å². The van der Waals surface area contributed by atoms with Gasteiger partial charge in [-0.15, -0.1) is 0 Å². The van der Waals surface area contributed by atoms with Crippen LogP contribution in [0.15, 0.2) is 41.2 Å². The van der Waals surface area contributed by atoms with Gasteiger partial charge < -0.3 is 10.4 Å². The first-order chi connectivity index (χ1) is 12.1. The number of carbonyl (C=O) groups excluding carboxylic acids is 1. The third-order valence-corrected chi connectivity index (χ3v) is 4.31. The van der Waals surface area contributed by atoms with E-state index in [0.717, 1.165) is 10.7 Å². The van der Waals surface area contributed by atoms with Gasteiger partial charge in [0.1, 0.15) is 17.2 Å². The van der Waals surface area contributed by atoms with Gasteiger partial charge >= 0.3 is 5.97 Å². The Labute approximate surface area is 149 Å². The molecular formula is C18H20FN3O4. The third-order valence-electron chi connectivity index (χ3n) is 4.31. The highest BCUT2D eigenvalue weighted by Crippen LogP contribution is 2.21. The van der Waals surface area contributed by atoms with Crippen LogP contribution in [0.1, 0.15) is 37.7 Å². The van der Waals surface area contributed by atoms with Crippen LogP contribution >= 0.6 is 0 Å². The molecule has 1 amide bonds. The molecule has 0 aliphatic heterocycles. The smallest absolute Gasteiger partial charge is 0.305 e. The summed E-state index contributed by atoms with van der Waals surface area (Å²) in [5, 5.41) is 15.7. The molecular weight excluding hydrogens is 341 g/mol. The van der Waals surface area contributed by atoms with E-state index in [1.54, 1.807) is 26.8 Å². The minimum Gasteiger partial charge on any atom is -0.481 e. The van der Waals surface area contributed by atoms with Crippen LogP contribution < -0.4 is 10.9 Å². The van der Waals surface area contributed by atoms with Crippen molar-refractivity contribution in [2.24, 2.45) is 5.92 Å². The van der Waals surface area contributed by atoms with Crippen LogP contribution in [-0.2, 0) is 4.79 Å². The van der Waals surface area contributed by atoms with E-state index in [9.17, 15) is 18.8 Å². The summed E-state index contributed by atoms with van der Waals surface area (Å²) < 4.78 is 14.7. The Hall–Kier alpha value is -3.03. The first-order valence-electron chi connectivity index (χ1n) is 8.03. The molecule has 1 aromatic heterocycles. The number of hydrogen-bond donors (Lipinski definition) is 2. The molecule has 138 valence electrons. The molecule has 0 saturated carbocycles. The second-order valence-corrected chi connectivity index (χ2v) is 6.52. The van der Waals surface area contributed by atoms with Gasteiger partial charge in [0.05, 0.1) is 12.0 Å². The van der Waals surface area contributed by atoms with Gasteiger partial charge in [0.15, 0.2) is 0 Å². The maximum absolute atomic E-state index is 13.9. The highest BCUT2D eigenvalue weighted by atomic mass is 19.1. The van der Waals surface area contributed by atoms with Crippen molar-refractivity contribution in [1.82, 2.24) is 15.1 Å². The Balaban J connectivity index is 2.39. The fraction of sp³-hybridized carbons (Fsp3) is 0.333. The van der Waals surface area contributed by atoms with E-state index in [1.807, 2.05) is 0 Å². The molecule has 0 aliphatic carbocycles. The number of carboxylic acid groups (broad SMARTS) is 1. The van der Waals surface area contributed by atoms with Crippen molar-refractivity contribution in [1.29, 1.82) is 0 Å². The lowest BCUT2D eigenvalue weighted by molar-refractivity contribution is -0.138. The molecule has 0 radical (unpaired) electrons. The number of carboxylic acids is 1. The Morgan fingerprint density at radius 2 is 1.92 bits per heavy atom. The van der Waals surface area contributed by atoms with E-state index in [1.165, 1.54) is 24.3 Å². The van der Waals surface area contributed by atoms with Crippen molar-refractivity contribution in [2.75, 3.05) is 0 Å². The molecule has 0 aliphatic rings. The predicted molar refractivity (Wildman–Crippen MR) is 92.8 cm³/mol. The number of halogens is 1. The fourth-order valence-corrected chi connectivity index (χ4v) is 2.36. The van der Waals surface area contributed by atoms with Gasteiger partial charge in [0, 0.05) is 6.07 Å². The van der Waals surface area contributed by atoms with Crippen LogP contribution in [-0.4, -0.2) is 32.3 Å². The number of rotatable bonds is 6. The number of aliphatic carboxylic acids is 1. The number of benzene rings is 1. The highest BCUT2D eigenvalue weighted by Gasteiger charge is 2.33. The summed E-state index contributed by atoms with van der Waals surface area (Å²) in [6.45, 7) is 5.20. The first kappa shape index (κ1) is 19.3. The number of nitrogens with zero attached hydrogens (tertiary/aromatic N) is 2. The first-order valence-corrected chi connectivity index (χ1v) is 8.03. The molecule has 1 aromatic carbocycles. The predicted octanol–water partition coefficient (Wildman–Crippen LogP) is 1.99. The minimum absolute atomic E-state index is 0.0793. The van der Waals surface area contributed by atoms with Crippen molar-refractivity contribution < 1.29 is 19.1 Å². The van der Waals surface area contributed by atoms with E-state index in [2.05, 4.69) is 10.4 Å². The summed E-state index contributed by atoms with van der Waals surface area (Å²) in [6, 6.07) is 7.89. The lowest BCUT2D eigenvalue weighted by Gasteiger charge is -2.33. The summed E-state index contributed by atoms with van der Waals surface area (Å²) >= 11 is 0. The zero-order valence-corrected chi connectivity index (χ0v) is 14.7. The molecule has 0 bridgehead atoms. The average Bonchev–Trinajstić information content (AvgIpc) is 2.55. The van der Waals surface area contributed by atoms with Crippen molar-refractivity contribution in [3.63, 3.8) is 0 Å². The van der Waals surface area contributed by atoms with Gasteiger partial charge in [0.2, 0.25) is 0 Å². The average molecular weight is 361 g/mol. The Bertz CT molecular complexity index is 894. The maximum Gasteiger partial charge on any atom is 0.305 e. The standard InChI is InChI=1S/C18H20FN3O4/c1-11(2)18(3,10-16(24)25)20-17(26)13-8-9-15(23)22(21-13)14-7-5-4-6-12(14)19/h4-9,11H,10H2,1-3H3,(H,20,26)(H,24,25). The van der Waals surface area contributed by atoms with Crippen LogP contribution in [0, 0.1) is 11.7 Å². The number of nitrogens with one attached hydrogen (secondary N) is 1. The Morgan fingerprint density at radius 1 is 1.27 bits per heavy atom. The second kappa shape index (κ2) is 7.47. The SMILES string of the molecule is CC(C)C(C)(CC(=O)O)NC(=O)c1ccc(=O)n(-c2ccccc2F)n1. The van der Waals surface area contributed by atoms with Gasteiger partial charge in [-0.3, -0.25) is 14.4 Å². The third kappa shape index (κ3) is 4.14. The van der Waals surface area contributed by atoms with E-state index < -0.39 is 28.8 Å². The quantitative estimate of drug-likeness (QED) is 0.819. The fourth-order valence-electron chi connectivity index (χ4n) is 2.36. The summed E-state index contributed by atoms with van der Waals surface area (Å²) in [5.74, 6) is -2.52. The van der Waals surface area contributed by atoms with Crippen LogP contribution in [0.25, 0.3) is 5.69 Å². The van der Waals surface area contributed by atoms with Gasteiger partial charge in [0.25, 0.3) is 11.5 Å². The number of carbonyl (C=O) groups is 2. The second-order valence-electron chi connectivity index (χ2n) is 6.52. The molecule has 1 heterocycles. The monoisotopic (exact) mass is 361 g/mol. The van der Waals surface area contributed by atoms with Crippen LogP contribution in [0.5, 0.6) is 0 Å². The van der Waals surface area contributed by atoms with Crippen LogP contribution in [0.4, 0.5) is 4.39 Å². The van der Waals surface area contributed by atoms with E-state index >= 15 is 0 Å². The molecule has 2 aromatic rings. The van der Waals surface area contributed by atoms with Gasteiger partial charge in [-0.1, -0.05) is 26.0 Å². The lowest BCUT2D eigenvalue weighted by Crippen LogP contribution is -2.51. The zero-order chi connectivity index (χ0) is 19.5. The van der Waals surface area contributed by atoms with Crippen molar-refractivity contribution in [2.45, 2.75) is 32.7 Å². The number of hydrogen-bond acceptors (Lipinski definition) is 4. The molecule has 1 atom stereocenters. The summed E-state index contributed by atoms with van der Waals surface area (Å²) in [7, 11) is 0. The van der Waals surface area contributed by atoms with Crippen LogP contribution in [0.3, 0.4) is 0 Å². The maximum atomic E-state index is 13.9. The van der Waals surface area contributed by atoms with Crippen molar-refractivity contribution in [3.8, 4) is 5.69 Å². The van der Waals surface area contributed by atoms with Crippen molar-refractivity contribution in [3.05, 3.63) is 58.3 Å². The number of para-hydroxylation sites is 1. The number of aromatic nitrogens is 2. The van der Waals surface area contributed by atoms with Gasteiger partial charge in [-0.2, -0.15) is 9.78 Å². The largest absolute Gasteiger partial charge is 0.481 e. The Kier molecular flexibility index (Phi) is 5.54. The number of amides is 1. The lowest BCUT2D eigenvalue weighted by atomic mass is 9.85. The highest BCUT2D eigenvalue weighted by molar-refractivity contribution is 5.93. The molecule has 1 unspecified atom stereocenters. The molecule has 8 heteroatoms. The van der Waals surface area contributed by atoms with Crippen molar-refractivity contribution >= 4 is 11.9 Å². The topological polar surface area (TPSA) is 101 Å². The minimum atomic E-state index is -1.05. The molecule has 26 heavy (non-hydrogen) atoms. The molecule has 7 nitrogen and oxygen atoms in total. The Morgan fingerprint density at radius 3 is 2.50 bits per heavy atom. The summed E-state index contributed by atoms with van der Waals surface area (Å²) in [5.41, 5.74) is -1.80. The normalized spacial score (nSPS) is 13.3. The molecule has 0 saturated heterocycles. The molecule has 0 spiro atoms. The zero-order valence-electron chi connectivity index (χ0n) is 14.7. The summed E-state index contributed by atoms with van der Waals surface area (Å²) in [6.07, 6.45) is -0.274. The van der Waals surface area contributed by atoms with E-state index in [4.69, 9.17) is 5.11 Å². The molecule has 2 N–H and O–H groups in total. The van der Waals surface area contributed by atoms with Gasteiger partial charge in [-0.05, 0) is 31.0 Å². The van der Waals surface area contributed by atoms with E-state index in [-0.39, 0.29) is 23.7 Å².